The van der Waals surface area contributed by atoms with Crippen LogP contribution in [0.1, 0.15) is 31.2 Å². The van der Waals surface area contributed by atoms with Crippen LogP contribution in [-0.2, 0) is 5.41 Å². The van der Waals surface area contributed by atoms with Crippen LogP contribution < -0.4 is 4.90 Å². The van der Waals surface area contributed by atoms with E-state index in [1.807, 2.05) is 6.08 Å². The van der Waals surface area contributed by atoms with Gasteiger partial charge in [-0.2, -0.15) is 0 Å². The molecule has 4 rings (SSSR count). The van der Waals surface area contributed by atoms with E-state index in [1.165, 1.54) is 57.5 Å². The molecule has 2 heterocycles. The molecule has 112 valence electrons. The van der Waals surface area contributed by atoms with E-state index < -0.39 is 0 Å². The van der Waals surface area contributed by atoms with E-state index in [1.54, 1.807) is 5.56 Å². The molecule has 0 bridgehead atoms. The highest BCUT2D eigenvalue weighted by molar-refractivity contribution is 5.50. The van der Waals surface area contributed by atoms with Gasteiger partial charge in [0.15, 0.2) is 0 Å². The summed E-state index contributed by atoms with van der Waals surface area (Å²) in [4.78, 5) is 5.10. The summed E-state index contributed by atoms with van der Waals surface area (Å²) in [6.45, 7) is 9.89. The first-order valence-corrected chi connectivity index (χ1v) is 8.50. The Kier molecular flexibility index (Phi) is 3.30. The van der Waals surface area contributed by atoms with Crippen molar-refractivity contribution in [3.05, 3.63) is 42.5 Å². The predicted octanol–water partition coefficient (Wildman–Crippen LogP) is 3.44. The number of anilines is 1. The predicted molar refractivity (Wildman–Crippen MR) is 88.9 cm³/mol. The third kappa shape index (κ3) is 2.30. The van der Waals surface area contributed by atoms with E-state index in [4.69, 9.17) is 0 Å². The van der Waals surface area contributed by atoms with E-state index in [0.29, 0.717) is 5.41 Å². The molecule has 1 aromatic carbocycles. The van der Waals surface area contributed by atoms with Crippen molar-refractivity contribution in [3.8, 4) is 0 Å². The van der Waals surface area contributed by atoms with Gasteiger partial charge in [-0.05, 0) is 49.3 Å². The lowest BCUT2D eigenvalue weighted by Gasteiger charge is -2.29. The van der Waals surface area contributed by atoms with Crippen molar-refractivity contribution in [2.75, 3.05) is 37.6 Å². The molecule has 3 aliphatic rings. The molecule has 1 aromatic rings. The third-order valence-electron chi connectivity index (χ3n) is 5.77. The van der Waals surface area contributed by atoms with Gasteiger partial charge in [0.25, 0.3) is 0 Å². The lowest BCUT2D eigenvalue weighted by molar-refractivity contribution is 0.330. The maximum atomic E-state index is 3.88. The molecule has 0 spiro atoms. The van der Waals surface area contributed by atoms with Gasteiger partial charge in [-0.3, -0.25) is 4.90 Å². The average Bonchev–Trinajstić information content (AvgIpc) is 3.11. The summed E-state index contributed by atoms with van der Waals surface area (Å²) in [5.41, 5.74) is 3.47. The summed E-state index contributed by atoms with van der Waals surface area (Å²) >= 11 is 0. The fraction of sp³-hybridized carbons (Fsp3) is 0.579. The summed E-state index contributed by atoms with van der Waals surface area (Å²) in [5, 5.41) is 0. The first-order chi connectivity index (χ1) is 10.3. The van der Waals surface area contributed by atoms with Crippen LogP contribution in [0.3, 0.4) is 0 Å². The summed E-state index contributed by atoms with van der Waals surface area (Å²) in [6.07, 6.45) is 7.54. The monoisotopic (exact) mass is 282 g/mol. The van der Waals surface area contributed by atoms with Crippen LogP contribution >= 0.6 is 0 Å². The Labute approximate surface area is 128 Å². The SMILES string of the molecule is C=CCN1CC2CC2(c2ccc(N3CCCCC3)cc2)C1. The number of hydrogen-bond donors (Lipinski definition) is 0. The van der Waals surface area contributed by atoms with Gasteiger partial charge in [0.1, 0.15) is 0 Å². The van der Waals surface area contributed by atoms with Gasteiger partial charge in [0, 0.05) is 43.8 Å². The van der Waals surface area contributed by atoms with Crippen LogP contribution in [-0.4, -0.2) is 37.6 Å². The summed E-state index contributed by atoms with van der Waals surface area (Å²) in [7, 11) is 0. The molecule has 1 saturated carbocycles. The lowest BCUT2D eigenvalue weighted by atomic mass is 9.94. The minimum absolute atomic E-state index is 0.476. The molecule has 2 saturated heterocycles. The fourth-order valence-electron chi connectivity index (χ4n) is 4.51. The highest BCUT2D eigenvalue weighted by atomic mass is 15.2. The second-order valence-corrected chi connectivity index (χ2v) is 7.13. The number of rotatable bonds is 4. The molecule has 0 aromatic heterocycles. The molecule has 2 heteroatoms. The average molecular weight is 282 g/mol. The van der Waals surface area contributed by atoms with E-state index in [2.05, 4.69) is 40.6 Å². The zero-order valence-electron chi connectivity index (χ0n) is 12.9. The Morgan fingerprint density at radius 1 is 1.14 bits per heavy atom. The van der Waals surface area contributed by atoms with Crippen molar-refractivity contribution >= 4 is 5.69 Å². The second-order valence-electron chi connectivity index (χ2n) is 7.13. The smallest absolute Gasteiger partial charge is 0.0366 e. The van der Waals surface area contributed by atoms with Gasteiger partial charge in [0.2, 0.25) is 0 Å². The van der Waals surface area contributed by atoms with E-state index in [0.717, 1.165) is 12.5 Å². The van der Waals surface area contributed by atoms with Gasteiger partial charge < -0.3 is 4.90 Å². The van der Waals surface area contributed by atoms with Gasteiger partial charge in [0.05, 0.1) is 0 Å². The maximum absolute atomic E-state index is 3.88. The molecule has 0 amide bonds. The number of likely N-dealkylation sites (tertiary alicyclic amines) is 1. The molecule has 3 fully saturated rings. The molecule has 2 atom stereocenters. The van der Waals surface area contributed by atoms with Crippen LogP contribution in [0.2, 0.25) is 0 Å². The number of piperidine rings is 2. The van der Waals surface area contributed by atoms with Crippen LogP contribution in [0.5, 0.6) is 0 Å². The molecule has 0 radical (unpaired) electrons. The van der Waals surface area contributed by atoms with Crippen molar-refractivity contribution in [1.29, 1.82) is 0 Å². The minimum Gasteiger partial charge on any atom is -0.372 e. The largest absolute Gasteiger partial charge is 0.372 e. The van der Waals surface area contributed by atoms with Crippen molar-refractivity contribution in [1.82, 2.24) is 4.90 Å². The van der Waals surface area contributed by atoms with Crippen LogP contribution in [0.4, 0.5) is 5.69 Å². The second kappa shape index (κ2) is 5.17. The Bertz CT molecular complexity index is 515. The highest BCUT2D eigenvalue weighted by Crippen LogP contribution is 2.59. The molecular formula is C19H26N2. The van der Waals surface area contributed by atoms with Crippen molar-refractivity contribution in [3.63, 3.8) is 0 Å². The third-order valence-corrected chi connectivity index (χ3v) is 5.77. The fourth-order valence-corrected chi connectivity index (χ4v) is 4.51. The van der Waals surface area contributed by atoms with E-state index in [-0.39, 0.29) is 0 Å². The molecular weight excluding hydrogens is 256 g/mol. The van der Waals surface area contributed by atoms with Crippen LogP contribution in [0, 0.1) is 5.92 Å². The van der Waals surface area contributed by atoms with Crippen molar-refractivity contribution in [2.45, 2.75) is 31.1 Å². The molecule has 21 heavy (non-hydrogen) atoms. The van der Waals surface area contributed by atoms with Gasteiger partial charge in [-0.25, -0.2) is 0 Å². The summed E-state index contributed by atoms with van der Waals surface area (Å²) in [6, 6.07) is 9.53. The lowest BCUT2D eigenvalue weighted by Crippen LogP contribution is -2.29. The molecule has 1 aliphatic carbocycles. The van der Waals surface area contributed by atoms with Gasteiger partial charge in [-0.1, -0.05) is 18.2 Å². The Balaban J connectivity index is 1.48. The molecule has 2 unspecified atom stereocenters. The molecule has 0 N–H and O–H groups in total. The number of nitrogens with zero attached hydrogens (tertiary/aromatic N) is 2. The van der Waals surface area contributed by atoms with Crippen LogP contribution in [0.25, 0.3) is 0 Å². The minimum atomic E-state index is 0.476. The Hall–Kier alpha value is -1.28. The zero-order chi connectivity index (χ0) is 14.3. The van der Waals surface area contributed by atoms with E-state index in [9.17, 15) is 0 Å². The maximum Gasteiger partial charge on any atom is 0.0366 e. The van der Waals surface area contributed by atoms with Gasteiger partial charge in [-0.15, -0.1) is 6.58 Å². The summed E-state index contributed by atoms with van der Waals surface area (Å²) in [5.74, 6) is 0.887. The van der Waals surface area contributed by atoms with Crippen LogP contribution in [0.15, 0.2) is 36.9 Å². The first kappa shape index (κ1) is 13.4. The molecule has 2 aliphatic heterocycles. The summed E-state index contributed by atoms with van der Waals surface area (Å²) < 4.78 is 0. The number of fused-ring (bicyclic) bond motifs is 1. The zero-order valence-corrected chi connectivity index (χ0v) is 12.9. The quantitative estimate of drug-likeness (QED) is 0.781. The van der Waals surface area contributed by atoms with Gasteiger partial charge >= 0.3 is 0 Å². The number of hydrogen-bond acceptors (Lipinski definition) is 2. The Morgan fingerprint density at radius 3 is 2.62 bits per heavy atom. The topological polar surface area (TPSA) is 6.48 Å². The standard InChI is InChI=1S/C19H26N2/c1-2-10-20-14-17-13-19(17,15-20)16-6-8-18(9-7-16)21-11-4-3-5-12-21/h2,6-9,17H,1,3-5,10-15H2. The normalized spacial score (nSPS) is 32.0. The molecule has 2 nitrogen and oxygen atoms in total. The van der Waals surface area contributed by atoms with E-state index >= 15 is 0 Å². The van der Waals surface area contributed by atoms with Crippen molar-refractivity contribution < 1.29 is 0 Å². The first-order valence-electron chi connectivity index (χ1n) is 8.50. The Morgan fingerprint density at radius 2 is 1.90 bits per heavy atom. The number of benzene rings is 1. The van der Waals surface area contributed by atoms with Crippen molar-refractivity contribution in [2.24, 2.45) is 5.92 Å². The highest BCUT2D eigenvalue weighted by Gasteiger charge is 2.60.